The molecular weight excluding hydrogens is 276 g/mol. The number of hydrogen-bond acceptors (Lipinski definition) is 3. The van der Waals surface area contributed by atoms with Gasteiger partial charge >= 0.3 is 0 Å². The van der Waals surface area contributed by atoms with Crippen LogP contribution >= 0.6 is 0 Å². The summed E-state index contributed by atoms with van der Waals surface area (Å²) >= 11 is 0. The summed E-state index contributed by atoms with van der Waals surface area (Å²) in [5.74, 6) is -0.497. The number of amides is 1. The maximum Gasteiger partial charge on any atom is 0.242 e. The first-order valence-electron chi connectivity index (χ1n) is 7.03. The Kier molecular flexibility index (Phi) is 5.16. The minimum atomic E-state index is -0.743. The van der Waals surface area contributed by atoms with Crippen LogP contribution in [0.15, 0.2) is 48.5 Å². The van der Waals surface area contributed by atoms with E-state index >= 15 is 0 Å². The summed E-state index contributed by atoms with van der Waals surface area (Å²) in [5.41, 5.74) is 2.68. The van der Waals surface area contributed by atoms with Gasteiger partial charge in [-0.3, -0.25) is 4.79 Å². The summed E-state index contributed by atoms with van der Waals surface area (Å²) in [6.07, 6.45) is 0.387. The molecule has 1 amide bonds. The first-order chi connectivity index (χ1) is 10.6. The monoisotopic (exact) mass is 294 g/mol. The zero-order chi connectivity index (χ0) is 15.9. The van der Waals surface area contributed by atoms with Crippen LogP contribution in [0.5, 0.6) is 5.75 Å². The topological polar surface area (TPSA) is 62.1 Å². The normalized spacial score (nSPS) is 11.3. The van der Waals surface area contributed by atoms with Crippen molar-refractivity contribution in [2.24, 2.45) is 5.92 Å². The van der Waals surface area contributed by atoms with E-state index in [4.69, 9.17) is 4.74 Å². The number of nitrogens with zero attached hydrogens (tertiary/aromatic N) is 1. The molecule has 2 rings (SSSR count). The average Bonchev–Trinajstić information content (AvgIpc) is 2.54. The summed E-state index contributed by atoms with van der Waals surface area (Å²) in [7, 11) is 1.54. The Balaban J connectivity index is 2.09. The smallest absolute Gasteiger partial charge is 0.242 e. The summed E-state index contributed by atoms with van der Waals surface area (Å²) in [6.45, 7) is 2.00. The fourth-order valence-electron chi connectivity index (χ4n) is 2.12. The van der Waals surface area contributed by atoms with Gasteiger partial charge in [0.15, 0.2) is 0 Å². The minimum Gasteiger partial charge on any atom is -0.495 e. The van der Waals surface area contributed by atoms with Crippen LogP contribution in [0.3, 0.4) is 0 Å². The van der Waals surface area contributed by atoms with Crippen molar-refractivity contribution in [2.75, 3.05) is 12.4 Å². The molecule has 0 radical (unpaired) electrons. The van der Waals surface area contributed by atoms with E-state index in [9.17, 15) is 10.1 Å². The Hall–Kier alpha value is -2.80. The van der Waals surface area contributed by atoms with Crippen LogP contribution < -0.4 is 10.1 Å². The average molecular weight is 294 g/mol. The molecule has 0 spiro atoms. The van der Waals surface area contributed by atoms with Gasteiger partial charge in [0.05, 0.1) is 18.9 Å². The largest absolute Gasteiger partial charge is 0.495 e. The van der Waals surface area contributed by atoms with Crippen molar-refractivity contribution in [1.29, 1.82) is 5.26 Å². The lowest BCUT2D eigenvalue weighted by Crippen LogP contribution is -2.23. The molecule has 0 aliphatic heterocycles. The molecule has 2 aromatic carbocycles. The highest BCUT2D eigenvalue weighted by Gasteiger charge is 2.19. The molecule has 0 saturated carbocycles. The van der Waals surface area contributed by atoms with Crippen molar-refractivity contribution < 1.29 is 9.53 Å². The Bertz CT molecular complexity index is 687. The van der Waals surface area contributed by atoms with E-state index in [-0.39, 0.29) is 5.91 Å². The lowest BCUT2D eigenvalue weighted by atomic mass is 9.99. The molecule has 0 heterocycles. The predicted molar refractivity (Wildman–Crippen MR) is 85.6 cm³/mol. The predicted octanol–water partition coefficient (Wildman–Crippen LogP) is 3.32. The second-order valence-corrected chi connectivity index (χ2v) is 5.06. The summed E-state index contributed by atoms with van der Waals surface area (Å²) in [6, 6.07) is 17.0. The van der Waals surface area contributed by atoms with Crippen LogP contribution in [-0.4, -0.2) is 13.0 Å². The van der Waals surface area contributed by atoms with Gasteiger partial charge in [-0.1, -0.05) is 42.0 Å². The van der Waals surface area contributed by atoms with Crippen molar-refractivity contribution in [3.05, 3.63) is 59.7 Å². The van der Waals surface area contributed by atoms with E-state index < -0.39 is 5.92 Å². The van der Waals surface area contributed by atoms with Gasteiger partial charge in [-0.2, -0.15) is 5.26 Å². The zero-order valence-electron chi connectivity index (χ0n) is 12.7. The summed E-state index contributed by atoms with van der Waals surface area (Å²) in [5, 5.41) is 12.0. The molecule has 22 heavy (non-hydrogen) atoms. The molecule has 0 fully saturated rings. The quantitative estimate of drug-likeness (QED) is 0.920. The number of nitrogens with one attached hydrogen (secondary N) is 1. The lowest BCUT2D eigenvalue weighted by Gasteiger charge is -2.13. The van der Waals surface area contributed by atoms with Crippen molar-refractivity contribution in [3.63, 3.8) is 0 Å². The van der Waals surface area contributed by atoms with Gasteiger partial charge in [0.25, 0.3) is 0 Å². The van der Waals surface area contributed by atoms with E-state index in [1.54, 1.807) is 25.3 Å². The van der Waals surface area contributed by atoms with Gasteiger partial charge < -0.3 is 10.1 Å². The molecule has 4 nitrogen and oxygen atoms in total. The highest BCUT2D eigenvalue weighted by Crippen LogP contribution is 2.24. The van der Waals surface area contributed by atoms with Crippen LogP contribution in [-0.2, 0) is 11.2 Å². The van der Waals surface area contributed by atoms with Crippen LogP contribution in [0.2, 0.25) is 0 Å². The van der Waals surface area contributed by atoms with Crippen molar-refractivity contribution in [3.8, 4) is 11.8 Å². The first-order valence-corrected chi connectivity index (χ1v) is 7.03. The number of methoxy groups -OCH3 is 1. The number of anilines is 1. The number of benzene rings is 2. The number of para-hydroxylation sites is 2. The number of carbonyl (C=O) groups excluding carboxylic acids is 1. The molecule has 2 aromatic rings. The van der Waals surface area contributed by atoms with Crippen LogP contribution in [0.1, 0.15) is 11.1 Å². The van der Waals surface area contributed by atoms with Gasteiger partial charge in [-0.05, 0) is 31.0 Å². The summed E-state index contributed by atoms with van der Waals surface area (Å²) < 4.78 is 5.19. The molecule has 0 aliphatic rings. The van der Waals surface area contributed by atoms with Crippen LogP contribution in [0.25, 0.3) is 0 Å². The third-order valence-electron chi connectivity index (χ3n) is 3.40. The fourth-order valence-corrected chi connectivity index (χ4v) is 2.12. The Labute approximate surface area is 130 Å². The van der Waals surface area contributed by atoms with Crippen LogP contribution in [0, 0.1) is 24.2 Å². The van der Waals surface area contributed by atoms with Crippen molar-refractivity contribution in [1.82, 2.24) is 0 Å². The zero-order valence-corrected chi connectivity index (χ0v) is 12.7. The van der Waals surface area contributed by atoms with E-state index in [1.807, 2.05) is 37.3 Å². The maximum atomic E-state index is 12.3. The van der Waals surface area contributed by atoms with Crippen molar-refractivity contribution in [2.45, 2.75) is 13.3 Å². The van der Waals surface area contributed by atoms with Gasteiger partial charge in [-0.25, -0.2) is 0 Å². The SMILES string of the molecule is COc1ccccc1NC(=O)[C@@H](C#N)Cc1ccc(C)cc1. The standard InChI is InChI=1S/C18H18N2O2/c1-13-7-9-14(10-8-13)11-15(12-19)18(21)20-16-5-3-4-6-17(16)22-2/h3-10,15H,11H2,1-2H3,(H,20,21)/t15-/m1/s1. The molecule has 0 aromatic heterocycles. The molecule has 0 unspecified atom stereocenters. The molecule has 112 valence electrons. The first kappa shape index (κ1) is 15.6. The molecule has 1 N–H and O–H groups in total. The van der Waals surface area contributed by atoms with Gasteiger partial charge in [0.2, 0.25) is 5.91 Å². The third-order valence-corrected chi connectivity index (χ3v) is 3.40. The van der Waals surface area contributed by atoms with E-state index in [2.05, 4.69) is 11.4 Å². The van der Waals surface area contributed by atoms with Gasteiger partial charge in [0.1, 0.15) is 11.7 Å². The number of hydrogen-bond donors (Lipinski definition) is 1. The lowest BCUT2D eigenvalue weighted by molar-refractivity contribution is -0.118. The highest BCUT2D eigenvalue weighted by atomic mass is 16.5. The second kappa shape index (κ2) is 7.28. The van der Waals surface area contributed by atoms with Crippen LogP contribution in [0.4, 0.5) is 5.69 Å². The third kappa shape index (κ3) is 3.86. The molecule has 4 heteroatoms. The molecule has 0 saturated heterocycles. The molecule has 0 aliphatic carbocycles. The summed E-state index contributed by atoms with van der Waals surface area (Å²) in [4.78, 5) is 12.3. The Morgan fingerprint density at radius 2 is 1.91 bits per heavy atom. The highest BCUT2D eigenvalue weighted by molar-refractivity contribution is 5.95. The van der Waals surface area contributed by atoms with Gasteiger partial charge in [0, 0.05) is 0 Å². The Morgan fingerprint density at radius 1 is 1.23 bits per heavy atom. The molecular formula is C18H18N2O2. The van der Waals surface area contributed by atoms with E-state index in [0.717, 1.165) is 11.1 Å². The Morgan fingerprint density at radius 3 is 2.55 bits per heavy atom. The number of ether oxygens (including phenoxy) is 1. The van der Waals surface area contributed by atoms with E-state index in [1.165, 1.54) is 0 Å². The van der Waals surface area contributed by atoms with Crippen molar-refractivity contribution >= 4 is 11.6 Å². The number of carbonyl (C=O) groups is 1. The number of nitriles is 1. The number of aryl methyl sites for hydroxylation is 1. The molecule has 1 atom stereocenters. The van der Waals surface area contributed by atoms with Gasteiger partial charge in [-0.15, -0.1) is 0 Å². The second-order valence-electron chi connectivity index (χ2n) is 5.06. The van der Waals surface area contributed by atoms with E-state index in [0.29, 0.717) is 17.9 Å². The fraction of sp³-hybridized carbons (Fsp3) is 0.222. The number of rotatable bonds is 5. The maximum absolute atomic E-state index is 12.3. The minimum absolute atomic E-state index is 0.326. The molecule has 0 bridgehead atoms.